The number of nitrogens with one attached hydrogen (secondary N) is 2. The summed E-state index contributed by atoms with van der Waals surface area (Å²) in [5.41, 5.74) is 6.67. The first-order valence-electron chi connectivity index (χ1n) is 8.41. The largest absolute Gasteiger partial charge is 0.469 e. The van der Waals surface area contributed by atoms with Crippen LogP contribution < -0.4 is 10.9 Å². The van der Waals surface area contributed by atoms with Gasteiger partial charge in [0.15, 0.2) is 5.82 Å². The van der Waals surface area contributed by atoms with E-state index in [2.05, 4.69) is 16.0 Å². The van der Waals surface area contributed by atoms with Gasteiger partial charge in [0.1, 0.15) is 17.3 Å². The third kappa shape index (κ3) is 3.78. The van der Waals surface area contributed by atoms with E-state index in [-0.39, 0.29) is 12.1 Å². The smallest absolute Gasteiger partial charge is 0.273 e. The number of hydrogen-bond donors (Lipinski definition) is 2. The number of halogens is 2. The monoisotopic (exact) mass is 388 g/mol. The Hall–Kier alpha value is -3.49. The van der Waals surface area contributed by atoms with Crippen molar-refractivity contribution < 1.29 is 22.8 Å². The number of benzene rings is 1. The van der Waals surface area contributed by atoms with Crippen LogP contribution in [-0.4, -0.2) is 21.6 Å². The van der Waals surface area contributed by atoms with Gasteiger partial charge < -0.3 is 4.42 Å². The lowest BCUT2D eigenvalue weighted by atomic mass is 10.1. The number of furan rings is 1. The molecule has 0 aliphatic rings. The lowest BCUT2D eigenvalue weighted by Crippen LogP contribution is -2.42. The minimum absolute atomic E-state index is 0.0782. The highest BCUT2D eigenvalue weighted by Gasteiger charge is 2.19. The first-order valence-corrected chi connectivity index (χ1v) is 8.41. The first kappa shape index (κ1) is 19.3. The Bertz CT molecular complexity index is 1060. The highest BCUT2D eigenvalue weighted by Crippen LogP contribution is 2.21. The van der Waals surface area contributed by atoms with E-state index in [1.807, 2.05) is 0 Å². The molecule has 3 aromatic rings. The van der Waals surface area contributed by atoms with Crippen molar-refractivity contribution in [3.05, 3.63) is 70.4 Å². The van der Waals surface area contributed by atoms with Crippen LogP contribution in [0.3, 0.4) is 0 Å². The van der Waals surface area contributed by atoms with Gasteiger partial charge in [-0.05, 0) is 39.0 Å². The second-order valence-corrected chi connectivity index (χ2v) is 6.23. The Morgan fingerprint density at radius 2 is 1.89 bits per heavy atom. The Balaban J connectivity index is 1.72. The molecule has 146 valence electrons. The third-order valence-corrected chi connectivity index (χ3v) is 4.34. The summed E-state index contributed by atoms with van der Waals surface area (Å²) in [4.78, 5) is 24.2. The Labute approximate surface area is 159 Å². The van der Waals surface area contributed by atoms with E-state index in [1.165, 1.54) is 23.1 Å². The molecule has 0 saturated heterocycles. The molecule has 2 amide bonds. The van der Waals surface area contributed by atoms with Crippen LogP contribution in [0, 0.1) is 32.4 Å². The molecule has 0 radical (unpaired) electrons. The number of hydrogen-bond acceptors (Lipinski definition) is 4. The minimum Gasteiger partial charge on any atom is -0.469 e. The maximum atomic E-state index is 14.1. The summed E-state index contributed by atoms with van der Waals surface area (Å²) in [6.45, 7) is 4.99. The molecule has 2 aromatic heterocycles. The number of hydrazine groups is 1. The van der Waals surface area contributed by atoms with Crippen LogP contribution in [0.25, 0.3) is 5.69 Å². The lowest BCUT2D eigenvalue weighted by Gasteiger charge is -2.08. The predicted octanol–water partition coefficient (Wildman–Crippen LogP) is 2.67. The summed E-state index contributed by atoms with van der Waals surface area (Å²) < 4.78 is 33.6. The van der Waals surface area contributed by atoms with Crippen molar-refractivity contribution in [1.29, 1.82) is 0 Å². The van der Waals surface area contributed by atoms with E-state index in [0.29, 0.717) is 28.3 Å². The molecule has 0 aliphatic carbocycles. The Morgan fingerprint density at radius 1 is 1.14 bits per heavy atom. The molecule has 9 heteroatoms. The molecule has 0 spiro atoms. The molecule has 0 saturated carbocycles. The van der Waals surface area contributed by atoms with Crippen LogP contribution in [0.15, 0.2) is 34.9 Å². The number of carbonyl (C=O) groups is 2. The van der Waals surface area contributed by atoms with Crippen LogP contribution in [0.1, 0.15) is 33.1 Å². The van der Waals surface area contributed by atoms with Gasteiger partial charge in [-0.1, -0.05) is 0 Å². The average Bonchev–Trinajstić information content (AvgIpc) is 3.18. The van der Waals surface area contributed by atoms with Crippen molar-refractivity contribution in [1.82, 2.24) is 20.6 Å². The first-order chi connectivity index (χ1) is 13.3. The van der Waals surface area contributed by atoms with E-state index in [4.69, 9.17) is 4.42 Å². The van der Waals surface area contributed by atoms with E-state index >= 15 is 0 Å². The van der Waals surface area contributed by atoms with Crippen LogP contribution in [0.4, 0.5) is 8.78 Å². The highest BCUT2D eigenvalue weighted by atomic mass is 19.1. The van der Waals surface area contributed by atoms with Gasteiger partial charge >= 0.3 is 0 Å². The number of aryl methyl sites for hydroxylation is 2. The van der Waals surface area contributed by atoms with Gasteiger partial charge in [-0.3, -0.25) is 20.4 Å². The van der Waals surface area contributed by atoms with Crippen LogP contribution in [0.5, 0.6) is 0 Å². The second-order valence-electron chi connectivity index (χ2n) is 6.23. The van der Waals surface area contributed by atoms with Crippen molar-refractivity contribution in [3.8, 4) is 5.69 Å². The summed E-state index contributed by atoms with van der Waals surface area (Å²) in [6, 6.07) is 4.67. The van der Waals surface area contributed by atoms with E-state index in [9.17, 15) is 18.4 Å². The van der Waals surface area contributed by atoms with Gasteiger partial charge in [0.05, 0.1) is 23.9 Å². The van der Waals surface area contributed by atoms with Gasteiger partial charge in [-0.15, -0.1) is 0 Å². The topological polar surface area (TPSA) is 89.2 Å². The van der Waals surface area contributed by atoms with Crippen molar-refractivity contribution in [2.45, 2.75) is 27.2 Å². The molecule has 0 unspecified atom stereocenters. The molecule has 7 nitrogen and oxygen atoms in total. The zero-order chi connectivity index (χ0) is 20.4. The van der Waals surface area contributed by atoms with Crippen LogP contribution >= 0.6 is 0 Å². The fourth-order valence-corrected chi connectivity index (χ4v) is 2.84. The molecule has 0 fully saturated rings. The fourth-order valence-electron chi connectivity index (χ4n) is 2.84. The zero-order valence-corrected chi connectivity index (χ0v) is 15.5. The van der Waals surface area contributed by atoms with Crippen LogP contribution in [0.2, 0.25) is 0 Å². The third-order valence-electron chi connectivity index (χ3n) is 4.34. The SMILES string of the molecule is Cc1nn(-c2ccc(F)cc2F)c(C)c1CC(=O)NNC(=O)c1ccoc1C. The van der Waals surface area contributed by atoms with Gasteiger partial charge in [0, 0.05) is 17.3 Å². The summed E-state index contributed by atoms with van der Waals surface area (Å²) in [5.74, 6) is -1.99. The van der Waals surface area contributed by atoms with Gasteiger partial charge in [-0.25, -0.2) is 13.5 Å². The number of carbonyl (C=O) groups excluding carboxylic acids is 2. The number of aromatic nitrogens is 2. The fraction of sp³-hybridized carbons (Fsp3) is 0.211. The van der Waals surface area contributed by atoms with Gasteiger partial charge in [0.25, 0.3) is 5.91 Å². The number of rotatable bonds is 4. The van der Waals surface area contributed by atoms with Gasteiger partial charge in [0.2, 0.25) is 5.91 Å². The predicted molar refractivity (Wildman–Crippen MR) is 95.7 cm³/mol. The van der Waals surface area contributed by atoms with E-state index < -0.39 is 23.4 Å². The standard InChI is InChI=1S/C19H18F2N4O3/c1-10-15(9-18(26)22-23-19(27)14-6-7-28-12(14)3)11(2)25(24-10)17-5-4-13(20)8-16(17)21/h4-8H,9H2,1-3H3,(H,22,26)(H,23,27). The van der Waals surface area contributed by atoms with Crippen molar-refractivity contribution in [2.24, 2.45) is 0 Å². The quantitative estimate of drug-likeness (QED) is 0.673. The Kier molecular flexibility index (Phi) is 5.25. The molecule has 1 aromatic carbocycles. The molecular weight excluding hydrogens is 370 g/mol. The maximum Gasteiger partial charge on any atom is 0.273 e. The normalized spacial score (nSPS) is 10.8. The molecular formula is C19H18F2N4O3. The molecule has 3 rings (SSSR count). The molecule has 0 atom stereocenters. The molecule has 0 aliphatic heterocycles. The summed E-state index contributed by atoms with van der Waals surface area (Å²) >= 11 is 0. The average molecular weight is 388 g/mol. The second kappa shape index (κ2) is 7.63. The number of amides is 2. The molecule has 0 bridgehead atoms. The molecule has 28 heavy (non-hydrogen) atoms. The lowest BCUT2D eigenvalue weighted by molar-refractivity contribution is -0.121. The summed E-state index contributed by atoms with van der Waals surface area (Å²) in [6.07, 6.45) is 1.30. The Morgan fingerprint density at radius 3 is 2.54 bits per heavy atom. The molecule has 2 heterocycles. The number of nitrogens with zero attached hydrogens (tertiary/aromatic N) is 2. The highest BCUT2D eigenvalue weighted by molar-refractivity contribution is 5.96. The van der Waals surface area contributed by atoms with E-state index in [1.54, 1.807) is 20.8 Å². The van der Waals surface area contributed by atoms with Crippen molar-refractivity contribution >= 4 is 11.8 Å². The van der Waals surface area contributed by atoms with E-state index in [0.717, 1.165) is 12.1 Å². The summed E-state index contributed by atoms with van der Waals surface area (Å²) in [5, 5.41) is 4.25. The maximum absolute atomic E-state index is 14.1. The van der Waals surface area contributed by atoms with Crippen molar-refractivity contribution in [3.63, 3.8) is 0 Å². The zero-order valence-electron chi connectivity index (χ0n) is 15.5. The van der Waals surface area contributed by atoms with Gasteiger partial charge in [-0.2, -0.15) is 5.10 Å². The summed E-state index contributed by atoms with van der Waals surface area (Å²) in [7, 11) is 0. The van der Waals surface area contributed by atoms with Crippen molar-refractivity contribution in [2.75, 3.05) is 0 Å². The minimum atomic E-state index is -0.760. The molecule has 2 N–H and O–H groups in total. The van der Waals surface area contributed by atoms with Crippen LogP contribution in [-0.2, 0) is 11.2 Å².